The first-order chi connectivity index (χ1) is 15.1. The maximum atomic E-state index is 12.9. The normalized spacial score (nSPS) is 11.4. The third kappa shape index (κ3) is 3.94. The second kappa shape index (κ2) is 8.41. The molecule has 0 unspecified atom stereocenters. The lowest BCUT2D eigenvalue weighted by Gasteiger charge is -2.08. The van der Waals surface area contributed by atoms with E-state index in [2.05, 4.69) is 40.8 Å². The van der Waals surface area contributed by atoms with Gasteiger partial charge in [0.25, 0.3) is 5.91 Å². The number of anilines is 1. The Balaban J connectivity index is 1.74. The van der Waals surface area contributed by atoms with Gasteiger partial charge in [-0.15, -0.1) is 5.10 Å². The van der Waals surface area contributed by atoms with E-state index < -0.39 is 5.91 Å². The summed E-state index contributed by atoms with van der Waals surface area (Å²) in [5.74, 6) is 0.0730. The number of hydrogen-bond donors (Lipinski definition) is 2. The summed E-state index contributed by atoms with van der Waals surface area (Å²) in [6.45, 7) is 1.73. The summed E-state index contributed by atoms with van der Waals surface area (Å²) in [6, 6.07) is 12.4. The largest absolute Gasteiger partial charge is 0.497 e. The number of benzene rings is 1. The lowest BCUT2D eigenvalue weighted by atomic mass is 10.1. The number of hydrazone groups is 1. The second-order valence-electron chi connectivity index (χ2n) is 6.26. The van der Waals surface area contributed by atoms with E-state index in [4.69, 9.17) is 10.5 Å². The highest BCUT2D eigenvalue weighted by Crippen LogP contribution is 2.28. The summed E-state index contributed by atoms with van der Waals surface area (Å²) >= 11 is 0. The number of nitrogens with one attached hydrogen (secondary N) is 1. The topological polar surface area (TPSA) is 159 Å². The third-order valence-electron chi connectivity index (χ3n) is 4.29. The average molecular weight is 419 g/mol. The molecule has 12 nitrogen and oxygen atoms in total. The van der Waals surface area contributed by atoms with Crippen LogP contribution in [0.1, 0.15) is 23.1 Å². The number of pyridine rings is 1. The van der Waals surface area contributed by atoms with Crippen molar-refractivity contribution in [3.63, 3.8) is 0 Å². The molecule has 1 amide bonds. The number of rotatable bonds is 6. The van der Waals surface area contributed by atoms with Gasteiger partial charge < -0.3 is 10.5 Å². The average Bonchev–Trinajstić information content (AvgIpc) is 3.43. The van der Waals surface area contributed by atoms with Gasteiger partial charge in [0.05, 0.1) is 18.5 Å². The first-order valence-corrected chi connectivity index (χ1v) is 9.03. The van der Waals surface area contributed by atoms with E-state index in [-0.39, 0.29) is 17.3 Å². The summed E-state index contributed by atoms with van der Waals surface area (Å²) in [5, 5.41) is 19.4. The molecular weight excluding hydrogens is 402 g/mol. The number of ether oxygens (including phenoxy) is 1. The Morgan fingerprint density at radius 3 is 2.81 bits per heavy atom. The maximum absolute atomic E-state index is 12.9. The van der Waals surface area contributed by atoms with Gasteiger partial charge in [-0.2, -0.15) is 9.78 Å². The van der Waals surface area contributed by atoms with Crippen LogP contribution >= 0.6 is 0 Å². The fourth-order valence-electron chi connectivity index (χ4n) is 2.77. The SMILES string of the molecule is COc1cccc(-c2c(C(=O)N/N=C(\C)c3ccccn3)nnn2-c2nonc2N)c1. The van der Waals surface area contributed by atoms with Crippen LogP contribution in [0.15, 0.2) is 58.4 Å². The van der Waals surface area contributed by atoms with E-state index in [0.29, 0.717) is 28.4 Å². The van der Waals surface area contributed by atoms with E-state index in [9.17, 15) is 4.79 Å². The van der Waals surface area contributed by atoms with Gasteiger partial charge in [0.2, 0.25) is 11.6 Å². The summed E-state index contributed by atoms with van der Waals surface area (Å²) in [5.41, 5.74) is 10.3. The van der Waals surface area contributed by atoms with E-state index in [1.54, 1.807) is 49.5 Å². The lowest BCUT2D eigenvalue weighted by Crippen LogP contribution is -2.21. The van der Waals surface area contributed by atoms with E-state index in [0.717, 1.165) is 0 Å². The molecule has 0 aliphatic carbocycles. The zero-order chi connectivity index (χ0) is 21.8. The number of aromatic nitrogens is 6. The summed E-state index contributed by atoms with van der Waals surface area (Å²) in [6.07, 6.45) is 1.64. The molecule has 31 heavy (non-hydrogen) atoms. The highest BCUT2D eigenvalue weighted by atomic mass is 16.6. The number of carbonyl (C=O) groups excluding carboxylic acids is 1. The molecular formula is C19H17N9O3. The van der Waals surface area contributed by atoms with Gasteiger partial charge in [-0.25, -0.2) is 10.1 Å². The summed E-state index contributed by atoms with van der Waals surface area (Å²) < 4.78 is 11.2. The Kier molecular flexibility index (Phi) is 5.34. The smallest absolute Gasteiger partial charge is 0.294 e. The predicted molar refractivity (Wildman–Crippen MR) is 110 cm³/mol. The molecule has 0 saturated carbocycles. The van der Waals surface area contributed by atoms with Crippen LogP contribution in [0.2, 0.25) is 0 Å². The van der Waals surface area contributed by atoms with Crippen molar-refractivity contribution in [2.24, 2.45) is 5.10 Å². The highest BCUT2D eigenvalue weighted by molar-refractivity contribution is 6.01. The fraction of sp³-hybridized carbons (Fsp3) is 0.105. The minimum Gasteiger partial charge on any atom is -0.497 e. The predicted octanol–water partition coefficient (Wildman–Crippen LogP) is 1.46. The fourth-order valence-corrected chi connectivity index (χ4v) is 2.77. The monoisotopic (exact) mass is 419 g/mol. The Morgan fingerprint density at radius 2 is 2.10 bits per heavy atom. The van der Waals surface area contributed by atoms with Gasteiger partial charge in [-0.1, -0.05) is 23.4 Å². The van der Waals surface area contributed by atoms with Gasteiger partial charge in [0.1, 0.15) is 11.4 Å². The standard InChI is InChI=1S/C19H17N9O3/c1-11(14-8-3-4-9-21-14)22-24-19(29)15-16(12-6-5-7-13(10-12)30-2)28(27-23-15)18-17(20)25-31-26-18/h3-10H,1-2H3,(H2,20,25)(H,24,29)/b22-11+. The van der Waals surface area contributed by atoms with Crippen molar-refractivity contribution in [1.82, 2.24) is 35.7 Å². The molecule has 3 heterocycles. The zero-order valence-electron chi connectivity index (χ0n) is 16.6. The minimum absolute atomic E-state index is 0.00627. The van der Waals surface area contributed by atoms with Crippen molar-refractivity contribution in [3.8, 4) is 22.8 Å². The molecule has 0 saturated heterocycles. The Labute approximate surface area is 175 Å². The molecule has 12 heteroatoms. The molecule has 0 spiro atoms. The molecule has 3 N–H and O–H groups in total. The Hall–Kier alpha value is -4.61. The quantitative estimate of drug-likeness (QED) is 0.348. The van der Waals surface area contributed by atoms with Crippen LogP contribution in [0, 0.1) is 0 Å². The van der Waals surface area contributed by atoms with E-state index in [1.165, 1.54) is 11.8 Å². The molecule has 0 bridgehead atoms. The summed E-state index contributed by atoms with van der Waals surface area (Å²) in [7, 11) is 1.54. The van der Waals surface area contributed by atoms with Gasteiger partial charge in [-0.3, -0.25) is 9.78 Å². The van der Waals surface area contributed by atoms with Crippen LogP contribution in [0.5, 0.6) is 5.75 Å². The number of methoxy groups -OCH3 is 1. The van der Waals surface area contributed by atoms with Crippen molar-refractivity contribution in [2.45, 2.75) is 6.92 Å². The number of carbonyl (C=O) groups is 1. The van der Waals surface area contributed by atoms with Crippen LogP contribution in [-0.2, 0) is 0 Å². The molecule has 0 aliphatic heterocycles. The number of nitrogens with two attached hydrogens (primary N) is 1. The number of nitrogens with zero attached hydrogens (tertiary/aromatic N) is 7. The van der Waals surface area contributed by atoms with Crippen LogP contribution in [0.4, 0.5) is 5.82 Å². The molecule has 0 atom stereocenters. The molecule has 1 aromatic carbocycles. The minimum atomic E-state index is -0.589. The van der Waals surface area contributed by atoms with Gasteiger partial charge in [0, 0.05) is 11.8 Å². The van der Waals surface area contributed by atoms with Gasteiger partial charge in [0.15, 0.2) is 5.69 Å². The molecule has 156 valence electrons. The molecule has 4 aromatic rings. The molecule has 4 rings (SSSR count). The van der Waals surface area contributed by atoms with Crippen molar-refractivity contribution in [3.05, 3.63) is 60.0 Å². The maximum Gasteiger partial charge on any atom is 0.294 e. The van der Waals surface area contributed by atoms with Crippen molar-refractivity contribution >= 4 is 17.4 Å². The van der Waals surface area contributed by atoms with Crippen LogP contribution in [0.3, 0.4) is 0 Å². The number of nitrogen functional groups attached to an aromatic ring is 1. The Morgan fingerprint density at radius 1 is 1.23 bits per heavy atom. The zero-order valence-corrected chi connectivity index (χ0v) is 16.6. The highest BCUT2D eigenvalue weighted by Gasteiger charge is 2.25. The number of amides is 1. The van der Waals surface area contributed by atoms with Crippen LogP contribution in [0.25, 0.3) is 17.1 Å². The first kappa shape index (κ1) is 19.7. The van der Waals surface area contributed by atoms with Gasteiger partial charge >= 0.3 is 0 Å². The van der Waals surface area contributed by atoms with Crippen LogP contribution < -0.4 is 15.9 Å². The van der Waals surface area contributed by atoms with Crippen molar-refractivity contribution < 1.29 is 14.2 Å². The lowest BCUT2D eigenvalue weighted by molar-refractivity contribution is 0.0950. The molecule has 0 radical (unpaired) electrons. The molecule has 0 fully saturated rings. The van der Waals surface area contributed by atoms with E-state index in [1.807, 2.05) is 6.07 Å². The number of hydrogen-bond acceptors (Lipinski definition) is 10. The third-order valence-corrected chi connectivity index (χ3v) is 4.29. The van der Waals surface area contributed by atoms with Crippen LogP contribution in [-0.4, -0.2) is 49.0 Å². The Bertz CT molecular complexity index is 1250. The molecule has 0 aliphatic rings. The van der Waals surface area contributed by atoms with Crippen molar-refractivity contribution in [1.29, 1.82) is 0 Å². The van der Waals surface area contributed by atoms with E-state index >= 15 is 0 Å². The second-order valence-corrected chi connectivity index (χ2v) is 6.26. The first-order valence-electron chi connectivity index (χ1n) is 9.03. The molecule has 3 aromatic heterocycles. The summed E-state index contributed by atoms with van der Waals surface area (Å²) in [4.78, 5) is 17.1. The van der Waals surface area contributed by atoms with Crippen molar-refractivity contribution in [2.75, 3.05) is 12.8 Å². The van der Waals surface area contributed by atoms with Gasteiger partial charge in [-0.05, 0) is 41.5 Å².